The maximum Gasteiger partial charge on any atom is 0.0889 e. The van der Waals surface area contributed by atoms with Crippen molar-refractivity contribution in [2.75, 3.05) is 13.2 Å². The smallest absolute Gasteiger partial charge is 0.0889 e. The van der Waals surface area contributed by atoms with Crippen LogP contribution < -0.4 is 5.32 Å². The Labute approximate surface area is 122 Å². The van der Waals surface area contributed by atoms with Crippen molar-refractivity contribution in [1.29, 1.82) is 0 Å². The van der Waals surface area contributed by atoms with E-state index in [9.17, 15) is 0 Å². The number of hydrogen-bond acceptors (Lipinski definition) is 4. The molecule has 0 radical (unpaired) electrons. The van der Waals surface area contributed by atoms with Crippen molar-refractivity contribution in [3.05, 3.63) is 29.6 Å². The molecule has 1 N–H and O–H groups in total. The van der Waals surface area contributed by atoms with Crippen molar-refractivity contribution in [3.63, 3.8) is 0 Å². The van der Waals surface area contributed by atoms with E-state index in [4.69, 9.17) is 9.47 Å². The summed E-state index contributed by atoms with van der Waals surface area (Å²) in [5.41, 5.74) is 2.26. The summed E-state index contributed by atoms with van der Waals surface area (Å²) >= 11 is 0. The highest BCUT2D eigenvalue weighted by atomic mass is 16.5. The van der Waals surface area contributed by atoms with E-state index >= 15 is 0 Å². The van der Waals surface area contributed by atoms with Gasteiger partial charge in [-0.1, -0.05) is 6.07 Å². The molecular weight excluding hydrogens is 252 g/mol. The summed E-state index contributed by atoms with van der Waals surface area (Å²) in [4.78, 5) is 4.41. The van der Waals surface area contributed by atoms with Crippen molar-refractivity contribution in [2.24, 2.45) is 0 Å². The van der Waals surface area contributed by atoms with Crippen molar-refractivity contribution in [2.45, 2.75) is 59.4 Å². The Balaban J connectivity index is 2.25. The van der Waals surface area contributed by atoms with E-state index in [2.05, 4.69) is 37.1 Å². The maximum atomic E-state index is 5.52. The highest BCUT2D eigenvalue weighted by Gasteiger charge is 2.08. The number of rotatable bonds is 8. The highest BCUT2D eigenvalue weighted by Crippen LogP contribution is 2.05. The molecule has 4 nitrogen and oxygen atoms in total. The molecular formula is C16H28N2O2. The lowest BCUT2D eigenvalue weighted by Crippen LogP contribution is -2.35. The van der Waals surface area contributed by atoms with E-state index in [1.165, 1.54) is 5.56 Å². The number of nitrogens with one attached hydrogen (secondary N) is 1. The van der Waals surface area contributed by atoms with Gasteiger partial charge in [-0.2, -0.15) is 0 Å². The number of nitrogens with zero attached hydrogens (tertiary/aromatic N) is 1. The molecule has 114 valence electrons. The number of aromatic nitrogens is 1. The lowest BCUT2D eigenvalue weighted by atomic mass is 10.1. The molecule has 1 aromatic heterocycles. The van der Waals surface area contributed by atoms with Gasteiger partial charge in [0.05, 0.1) is 31.6 Å². The molecule has 1 aromatic rings. The van der Waals surface area contributed by atoms with Gasteiger partial charge in [0, 0.05) is 18.3 Å². The van der Waals surface area contributed by atoms with Crippen molar-refractivity contribution >= 4 is 0 Å². The zero-order valence-electron chi connectivity index (χ0n) is 13.4. The Morgan fingerprint density at radius 2 is 1.95 bits per heavy atom. The lowest BCUT2D eigenvalue weighted by molar-refractivity contribution is 0.0135. The van der Waals surface area contributed by atoms with Crippen molar-refractivity contribution in [1.82, 2.24) is 10.3 Å². The molecule has 0 unspecified atom stereocenters. The minimum absolute atomic E-state index is 0.123. The van der Waals surface area contributed by atoms with E-state index in [0.29, 0.717) is 19.8 Å². The second-order valence-corrected chi connectivity index (χ2v) is 6.23. The Hall–Kier alpha value is -0.970. The number of ether oxygens (including phenoxy) is 2. The average molecular weight is 280 g/mol. The predicted octanol–water partition coefficient (Wildman–Crippen LogP) is 2.91. The quantitative estimate of drug-likeness (QED) is 0.744. The summed E-state index contributed by atoms with van der Waals surface area (Å²) in [6.07, 6.45) is 2.16. The minimum Gasteiger partial charge on any atom is -0.376 e. The van der Waals surface area contributed by atoms with Crippen LogP contribution in [0.2, 0.25) is 0 Å². The Morgan fingerprint density at radius 3 is 2.50 bits per heavy atom. The van der Waals surface area contributed by atoms with Gasteiger partial charge in [0.2, 0.25) is 0 Å². The minimum atomic E-state index is 0.123. The molecule has 0 fully saturated rings. The summed E-state index contributed by atoms with van der Waals surface area (Å²) in [7, 11) is 0. The summed E-state index contributed by atoms with van der Waals surface area (Å²) in [5, 5.41) is 3.44. The molecule has 4 heteroatoms. The van der Waals surface area contributed by atoms with Crippen LogP contribution in [0, 0.1) is 0 Å². The third-order valence-corrected chi connectivity index (χ3v) is 2.64. The van der Waals surface area contributed by atoms with Crippen molar-refractivity contribution < 1.29 is 9.47 Å². The molecule has 0 aliphatic rings. The number of pyridine rings is 1. The van der Waals surface area contributed by atoms with E-state index in [1.54, 1.807) is 0 Å². The zero-order chi connectivity index (χ0) is 15.0. The van der Waals surface area contributed by atoms with E-state index in [1.807, 2.05) is 26.1 Å². The molecule has 1 rings (SSSR count). The molecule has 1 heterocycles. The van der Waals surface area contributed by atoms with Crippen LogP contribution in [0.25, 0.3) is 0 Å². The topological polar surface area (TPSA) is 43.4 Å². The monoisotopic (exact) mass is 280 g/mol. The summed E-state index contributed by atoms with van der Waals surface area (Å²) in [6, 6.07) is 4.11. The Morgan fingerprint density at radius 1 is 1.20 bits per heavy atom. The van der Waals surface area contributed by atoms with Gasteiger partial charge < -0.3 is 14.8 Å². The number of hydrogen-bond donors (Lipinski definition) is 1. The molecule has 0 atom stereocenters. The first-order valence-corrected chi connectivity index (χ1v) is 7.25. The fraction of sp³-hybridized carbons (Fsp3) is 0.688. The summed E-state index contributed by atoms with van der Waals surface area (Å²) in [5.74, 6) is 0. The van der Waals surface area contributed by atoms with Gasteiger partial charge >= 0.3 is 0 Å². The van der Waals surface area contributed by atoms with Gasteiger partial charge in [-0.25, -0.2) is 0 Å². The van der Waals surface area contributed by atoms with Crippen LogP contribution in [0.5, 0.6) is 0 Å². The first kappa shape index (κ1) is 17.1. The largest absolute Gasteiger partial charge is 0.376 e. The first-order chi connectivity index (χ1) is 9.37. The molecule has 0 amide bonds. The fourth-order valence-corrected chi connectivity index (χ4v) is 1.53. The molecule has 0 aromatic carbocycles. The van der Waals surface area contributed by atoms with Gasteiger partial charge in [-0.15, -0.1) is 0 Å². The summed E-state index contributed by atoms with van der Waals surface area (Å²) in [6.45, 7) is 13.1. The van der Waals surface area contributed by atoms with E-state index in [0.717, 1.165) is 12.2 Å². The summed E-state index contributed by atoms with van der Waals surface area (Å²) < 4.78 is 10.9. The second-order valence-electron chi connectivity index (χ2n) is 6.23. The molecule has 20 heavy (non-hydrogen) atoms. The van der Waals surface area contributed by atoms with Crippen LogP contribution >= 0.6 is 0 Å². The standard InChI is InChI=1S/C16H28N2O2/c1-13(2)20-9-8-19-12-15-7-6-14(10-17-15)11-18-16(3,4)5/h6-7,10,13,18H,8-9,11-12H2,1-5H3. The van der Waals surface area contributed by atoms with Gasteiger partial charge in [0.1, 0.15) is 0 Å². The van der Waals surface area contributed by atoms with Gasteiger partial charge in [0.15, 0.2) is 0 Å². The van der Waals surface area contributed by atoms with Crippen LogP contribution in [0.3, 0.4) is 0 Å². The van der Waals surface area contributed by atoms with Crippen LogP contribution in [-0.2, 0) is 22.6 Å². The molecule has 0 aliphatic heterocycles. The molecule has 0 spiro atoms. The van der Waals surface area contributed by atoms with E-state index in [-0.39, 0.29) is 11.6 Å². The lowest BCUT2D eigenvalue weighted by Gasteiger charge is -2.20. The predicted molar refractivity (Wildman–Crippen MR) is 81.6 cm³/mol. The third kappa shape index (κ3) is 8.25. The fourth-order valence-electron chi connectivity index (χ4n) is 1.53. The van der Waals surface area contributed by atoms with Crippen molar-refractivity contribution in [3.8, 4) is 0 Å². The van der Waals surface area contributed by atoms with Crippen LogP contribution in [0.4, 0.5) is 0 Å². The molecule has 0 saturated heterocycles. The van der Waals surface area contributed by atoms with Gasteiger partial charge in [0.25, 0.3) is 0 Å². The second kappa shape index (κ2) is 8.35. The van der Waals surface area contributed by atoms with Gasteiger partial charge in [-0.05, 0) is 46.2 Å². The van der Waals surface area contributed by atoms with Crippen LogP contribution in [0.15, 0.2) is 18.3 Å². The maximum absolute atomic E-state index is 5.52. The Kier molecular flexibility index (Phi) is 7.13. The first-order valence-electron chi connectivity index (χ1n) is 7.25. The molecule has 0 aliphatic carbocycles. The zero-order valence-corrected chi connectivity index (χ0v) is 13.4. The molecule has 0 saturated carbocycles. The highest BCUT2D eigenvalue weighted by molar-refractivity contribution is 5.13. The average Bonchev–Trinajstić information content (AvgIpc) is 2.36. The third-order valence-electron chi connectivity index (χ3n) is 2.64. The van der Waals surface area contributed by atoms with E-state index < -0.39 is 0 Å². The van der Waals surface area contributed by atoms with Crippen LogP contribution in [-0.4, -0.2) is 29.8 Å². The van der Waals surface area contributed by atoms with Crippen LogP contribution in [0.1, 0.15) is 45.9 Å². The Bertz CT molecular complexity index is 369. The molecule has 0 bridgehead atoms. The van der Waals surface area contributed by atoms with Gasteiger partial charge in [-0.3, -0.25) is 4.98 Å². The normalized spacial score (nSPS) is 12.1. The SMILES string of the molecule is CC(C)OCCOCc1ccc(CNC(C)(C)C)cn1.